The second-order valence-corrected chi connectivity index (χ2v) is 4.74. The molecule has 1 aliphatic carbocycles. The molecule has 2 rings (SSSR count). The van der Waals surface area contributed by atoms with Gasteiger partial charge in [-0.2, -0.15) is 0 Å². The molecule has 0 saturated carbocycles. The molecule has 1 unspecified atom stereocenters. The van der Waals surface area contributed by atoms with Gasteiger partial charge in [-0.25, -0.2) is 4.39 Å². The summed E-state index contributed by atoms with van der Waals surface area (Å²) in [6.45, 7) is 0. The number of nitrogen functional groups attached to an aromatic ring is 1. The molecule has 0 saturated heterocycles. The van der Waals surface area contributed by atoms with E-state index < -0.39 is 5.82 Å². The van der Waals surface area contributed by atoms with Crippen molar-refractivity contribution in [3.05, 3.63) is 40.7 Å². The maximum Gasteiger partial charge on any atom is 0.253 e. The Kier molecular flexibility index (Phi) is 3.87. The van der Waals surface area contributed by atoms with Gasteiger partial charge >= 0.3 is 0 Å². The number of benzene rings is 1. The molecule has 0 bridgehead atoms. The number of rotatable bonds is 2. The van der Waals surface area contributed by atoms with Crippen molar-refractivity contribution >= 4 is 23.2 Å². The molecule has 1 amide bonds. The van der Waals surface area contributed by atoms with E-state index in [0.29, 0.717) is 0 Å². The van der Waals surface area contributed by atoms with Crippen molar-refractivity contribution in [2.75, 3.05) is 5.73 Å². The molecule has 1 aliphatic rings. The lowest BCUT2D eigenvalue weighted by Gasteiger charge is -2.20. The van der Waals surface area contributed by atoms with Crippen molar-refractivity contribution in [1.29, 1.82) is 0 Å². The van der Waals surface area contributed by atoms with Gasteiger partial charge in [0, 0.05) is 11.1 Å². The number of nitrogens with one attached hydrogen (secondary N) is 1. The van der Waals surface area contributed by atoms with Crippen molar-refractivity contribution in [3.63, 3.8) is 0 Å². The minimum Gasteiger partial charge on any atom is -0.396 e. The Morgan fingerprint density at radius 3 is 2.89 bits per heavy atom. The van der Waals surface area contributed by atoms with Crippen LogP contribution in [0.15, 0.2) is 24.3 Å². The lowest BCUT2D eigenvalue weighted by molar-refractivity contribution is 0.0935. The number of anilines is 1. The molecule has 3 nitrogen and oxygen atoms in total. The summed E-state index contributed by atoms with van der Waals surface area (Å²) in [5.41, 5.74) is 5.48. The van der Waals surface area contributed by atoms with E-state index in [1.165, 1.54) is 6.07 Å². The Morgan fingerprint density at radius 2 is 2.22 bits per heavy atom. The fourth-order valence-corrected chi connectivity index (χ4v) is 2.17. The number of carbonyl (C=O) groups is 1. The third-order valence-electron chi connectivity index (χ3n) is 2.94. The van der Waals surface area contributed by atoms with E-state index in [1.807, 2.05) is 6.08 Å². The van der Waals surface area contributed by atoms with E-state index in [1.54, 1.807) is 0 Å². The SMILES string of the molecule is Nc1c(F)cc(Cl)cc1C(=O)NC1CC=CCC1. The van der Waals surface area contributed by atoms with E-state index in [9.17, 15) is 9.18 Å². The van der Waals surface area contributed by atoms with Crippen molar-refractivity contribution in [2.24, 2.45) is 0 Å². The van der Waals surface area contributed by atoms with Crippen LogP contribution in [-0.2, 0) is 0 Å². The molecular formula is C13H14ClFN2O. The third kappa shape index (κ3) is 2.82. The molecule has 1 atom stereocenters. The van der Waals surface area contributed by atoms with Crippen LogP contribution in [0.25, 0.3) is 0 Å². The van der Waals surface area contributed by atoms with Gasteiger partial charge in [-0.15, -0.1) is 0 Å². The number of nitrogens with two attached hydrogens (primary N) is 1. The van der Waals surface area contributed by atoms with Crippen LogP contribution >= 0.6 is 11.6 Å². The third-order valence-corrected chi connectivity index (χ3v) is 3.16. The van der Waals surface area contributed by atoms with Crippen LogP contribution in [0.1, 0.15) is 29.6 Å². The lowest BCUT2D eigenvalue weighted by Crippen LogP contribution is -2.35. The Labute approximate surface area is 110 Å². The molecule has 0 spiro atoms. The second-order valence-electron chi connectivity index (χ2n) is 4.30. The van der Waals surface area contributed by atoms with E-state index >= 15 is 0 Å². The highest BCUT2D eigenvalue weighted by molar-refractivity contribution is 6.31. The highest BCUT2D eigenvalue weighted by Crippen LogP contribution is 2.22. The Morgan fingerprint density at radius 1 is 1.44 bits per heavy atom. The van der Waals surface area contributed by atoms with Crippen LogP contribution in [0.4, 0.5) is 10.1 Å². The van der Waals surface area contributed by atoms with Crippen LogP contribution in [0, 0.1) is 5.82 Å². The smallest absolute Gasteiger partial charge is 0.253 e. The van der Waals surface area contributed by atoms with Crippen molar-refractivity contribution < 1.29 is 9.18 Å². The molecule has 5 heteroatoms. The number of carbonyl (C=O) groups excluding carboxylic acids is 1. The minimum absolute atomic E-state index is 0.0731. The van der Waals surface area contributed by atoms with Gasteiger partial charge in [0.25, 0.3) is 5.91 Å². The predicted molar refractivity (Wildman–Crippen MR) is 70.1 cm³/mol. The minimum atomic E-state index is -0.670. The molecule has 1 aromatic rings. The molecule has 0 radical (unpaired) electrons. The van der Waals surface area contributed by atoms with Crippen LogP contribution in [-0.4, -0.2) is 11.9 Å². The molecule has 3 N–H and O–H groups in total. The first-order chi connectivity index (χ1) is 8.58. The Bertz CT molecular complexity index is 502. The predicted octanol–water partition coefficient (Wildman–Crippen LogP) is 2.90. The topological polar surface area (TPSA) is 55.1 Å². The molecule has 0 heterocycles. The molecule has 18 heavy (non-hydrogen) atoms. The van der Waals surface area contributed by atoms with Gasteiger partial charge in [-0.3, -0.25) is 4.79 Å². The standard InChI is InChI=1S/C13H14ClFN2O/c14-8-6-10(12(16)11(15)7-8)13(18)17-9-4-2-1-3-5-9/h1-2,6-7,9H,3-5,16H2,(H,17,18). The van der Waals surface area contributed by atoms with Crippen molar-refractivity contribution in [1.82, 2.24) is 5.32 Å². The summed E-state index contributed by atoms with van der Waals surface area (Å²) in [7, 11) is 0. The van der Waals surface area contributed by atoms with Crippen LogP contribution in [0.5, 0.6) is 0 Å². The van der Waals surface area contributed by atoms with Gasteiger partial charge in [0.15, 0.2) is 0 Å². The highest BCUT2D eigenvalue weighted by atomic mass is 35.5. The normalized spacial score (nSPS) is 18.7. The number of halogens is 2. The van der Waals surface area contributed by atoms with E-state index in [2.05, 4.69) is 11.4 Å². The van der Waals surface area contributed by atoms with Gasteiger partial charge in [-0.1, -0.05) is 23.8 Å². The highest BCUT2D eigenvalue weighted by Gasteiger charge is 2.18. The van der Waals surface area contributed by atoms with Crippen molar-refractivity contribution in [3.8, 4) is 0 Å². The fraction of sp³-hybridized carbons (Fsp3) is 0.308. The molecule has 96 valence electrons. The van der Waals surface area contributed by atoms with Gasteiger partial charge < -0.3 is 11.1 Å². The molecule has 0 fully saturated rings. The molecular weight excluding hydrogens is 255 g/mol. The summed E-state index contributed by atoms with van der Waals surface area (Å²) in [6, 6.07) is 2.55. The number of amides is 1. The number of allylic oxidation sites excluding steroid dienone is 1. The summed E-state index contributed by atoms with van der Waals surface area (Å²) in [5.74, 6) is -1.05. The van der Waals surface area contributed by atoms with Gasteiger partial charge in [-0.05, 0) is 31.4 Å². The van der Waals surface area contributed by atoms with E-state index in [-0.39, 0.29) is 28.2 Å². The molecule has 0 aromatic heterocycles. The monoisotopic (exact) mass is 268 g/mol. The average Bonchev–Trinajstić information content (AvgIpc) is 2.35. The Balaban J connectivity index is 2.15. The van der Waals surface area contributed by atoms with E-state index in [4.69, 9.17) is 17.3 Å². The second kappa shape index (κ2) is 5.40. The van der Waals surface area contributed by atoms with Gasteiger partial charge in [0.05, 0.1) is 11.3 Å². The zero-order chi connectivity index (χ0) is 13.1. The van der Waals surface area contributed by atoms with Gasteiger partial charge in [0.2, 0.25) is 0 Å². The average molecular weight is 269 g/mol. The van der Waals surface area contributed by atoms with Crippen LogP contribution in [0.3, 0.4) is 0 Å². The first-order valence-electron chi connectivity index (χ1n) is 5.78. The molecule has 1 aromatic carbocycles. The fourth-order valence-electron chi connectivity index (χ4n) is 1.96. The summed E-state index contributed by atoms with van der Waals surface area (Å²) in [6.07, 6.45) is 6.71. The quantitative estimate of drug-likeness (QED) is 0.640. The lowest BCUT2D eigenvalue weighted by atomic mass is 10.0. The first kappa shape index (κ1) is 12.9. The molecule has 0 aliphatic heterocycles. The first-order valence-corrected chi connectivity index (χ1v) is 6.16. The van der Waals surface area contributed by atoms with Crippen LogP contribution < -0.4 is 11.1 Å². The largest absolute Gasteiger partial charge is 0.396 e. The zero-order valence-corrected chi connectivity index (χ0v) is 10.5. The van der Waals surface area contributed by atoms with Crippen LogP contribution in [0.2, 0.25) is 5.02 Å². The summed E-state index contributed by atoms with van der Waals surface area (Å²) in [5, 5.41) is 3.00. The maximum atomic E-state index is 13.4. The number of hydrogen-bond donors (Lipinski definition) is 2. The van der Waals surface area contributed by atoms with E-state index in [0.717, 1.165) is 25.3 Å². The maximum absolute atomic E-state index is 13.4. The van der Waals surface area contributed by atoms with Crippen molar-refractivity contribution in [2.45, 2.75) is 25.3 Å². The summed E-state index contributed by atoms with van der Waals surface area (Å²) >= 11 is 5.72. The number of hydrogen-bond acceptors (Lipinski definition) is 2. The Hall–Kier alpha value is -1.55. The zero-order valence-electron chi connectivity index (χ0n) is 9.75. The summed E-state index contributed by atoms with van der Waals surface area (Å²) < 4.78 is 13.4. The van der Waals surface area contributed by atoms with Gasteiger partial charge in [0.1, 0.15) is 5.82 Å². The summed E-state index contributed by atoms with van der Waals surface area (Å²) in [4.78, 5) is 12.0.